The van der Waals surface area contributed by atoms with Crippen molar-refractivity contribution in [2.75, 3.05) is 63.2 Å². The van der Waals surface area contributed by atoms with Crippen LogP contribution in [0.2, 0.25) is 0 Å². The Labute approximate surface area is 418 Å². The Morgan fingerprint density at radius 2 is 1.68 bits per heavy atom. The number of carbonyl (C=O) groups excluding carboxylic acids is 1. The van der Waals surface area contributed by atoms with E-state index in [0.717, 1.165) is 112 Å². The Balaban J connectivity index is 0.810. The van der Waals surface area contributed by atoms with E-state index in [1.54, 1.807) is 19.2 Å². The van der Waals surface area contributed by atoms with Gasteiger partial charge in [-0.3, -0.25) is 24.7 Å². The molecule has 1 amide bonds. The molecule has 17 heteroatoms. The number of carbonyl (C=O) groups is 1. The van der Waals surface area contributed by atoms with Crippen molar-refractivity contribution in [1.82, 2.24) is 19.5 Å². The number of nitro groups is 1. The maximum atomic E-state index is 13.4. The topological polar surface area (TPSA) is 189 Å². The Kier molecular flexibility index (Phi) is 14.4. The van der Waals surface area contributed by atoms with Crippen LogP contribution in [0, 0.1) is 21.4 Å². The highest BCUT2D eigenvalue weighted by molar-refractivity contribution is 7.90. The van der Waals surface area contributed by atoms with Gasteiger partial charge < -0.3 is 29.5 Å². The van der Waals surface area contributed by atoms with Crippen molar-refractivity contribution in [3.05, 3.63) is 105 Å². The van der Waals surface area contributed by atoms with Crippen LogP contribution in [0.15, 0.2) is 77.7 Å². The molecule has 2 saturated carbocycles. The van der Waals surface area contributed by atoms with Gasteiger partial charge in [0, 0.05) is 80.3 Å². The Morgan fingerprint density at radius 3 is 2.37 bits per heavy atom. The third-order valence-electron chi connectivity index (χ3n) is 16.0. The first-order valence-corrected chi connectivity index (χ1v) is 26.9. The average molecular weight is 994 g/mol. The number of pyridine rings is 1. The van der Waals surface area contributed by atoms with Gasteiger partial charge in [-0.05, 0) is 144 Å². The number of methoxy groups -OCH3 is 1. The minimum atomic E-state index is -4.43. The molecule has 3 aliphatic heterocycles. The normalized spacial score (nSPS) is 23.6. The molecule has 2 saturated heterocycles. The molecule has 2 aliphatic carbocycles. The quantitative estimate of drug-likeness (QED) is 0.0758. The number of hydrogen-bond donors (Lipinski definition) is 3. The number of rotatable bonds is 15. The van der Waals surface area contributed by atoms with E-state index >= 15 is 0 Å². The second-order valence-corrected chi connectivity index (χ2v) is 23.6. The number of piperazine rings is 1. The number of ether oxygens (including phenoxy) is 3. The molecule has 0 unspecified atom stereocenters. The van der Waals surface area contributed by atoms with Crippen LogP contribution in [0.5, 0.6) is 17.4 Å². The number of nitrogens with zero attached hydrogens (tertiary/aromatic N) is 5. The van der Waals surface area contributed by atoms with Gasteiger partial charge in [0.15, 0.2) is 5.75 Å². The van der Waals surface area contributed by atoms with Crippen LogP contribution in [0.4, 0.5) is 17.1 Å². The van der Waals surface area contributed by atoms with Gasteiger partial charge in [-0.1, -0.05) is 32.0 Å². The number of anilines is 2. The zero-order valence-electron chi connectivity index (χ0n) is 42.1. The zero-order valence-corrected chi connectivity index (χ0v) is 42.9. The molecule has 3 N–H and O–H groups in total. The highest BCUT2D eigenvalue weighted by atomic mass is 32.2. The lowest BCUT2D eigenvalue weighted by atomic mass is 9.59. The summed E-state index contributed by atoms with van der Waals surface area (Å²) < 4.78 is 47.1. The van der Waals surface area contributed by atoms with Crippen LogP contribution in [0.1, 0.15) is 126 Å². The summed E-state index contributed by atoms with van der Waals surface area (Å²) in [7, 11) is -2.76. The van der Waals surface area contributed by atoms with Gasteiger partial charge in [-0.15, -0.1) is 0 Å². The molecule has 16 nitrogen and oxygen atoms in total. The third kappa shape index (κ3) is 11.1. The van der Waals surface area contributed by atoms with Gasteiger partial charge in [0.25, 0.3) is 27.5 Å². The largest absolute Gasteiger partial charge is 0.491 e. The van der Waals surface area contributed by atoms with Crippen LogP contribution >= 0.6 is 0 Å². The number of piperidine rings is 1. The molecular weight excluding hydrogens is 923 g/mol. The molecule has 382 valence electrons. The van der Waals surface area contributed by atoms with Crippen LogP contribution < -0.4 is 29.1 Å². The molecule has 1 spiro atoms. The summed E-state index contributed by atoms with van der Waals surface area (Å²) in [5.74, 6) is 1.67. The zero-order chi connectivity index (χ0) is 50.3. The minimum absolute atomic E-state index is 0.0360. The van der Waals surface area contributed by atoms with Crippen molar-refractivity contribution in [3.63, 3.8) is 0 Å². The third-order valence-corrected chi connectivity index (χ3v) is 17.3. The van der Waals surface area contributed by atoms with Crippen molar-refractivity contribution in [2.45, 2.75) is 133 Å². The fourth-order valence-electron chi connectivity index (χ4n) is 11.6. The Hall–Kier alpha value is -5.49. The molecule has 1 aromatic heterocycles. The van der Waals surface area contributed by atoms with Gasteiger partial charge in [0.2, 0.25) is 0 Å². The van der Waals surface area contributed by atoms with E-state index in [9.17, 15) is 28.4 Å². The number of sulfonamides is 1. The highest BCUT2D eigenvalue weighted by Crippen LogP contribution is 2.53. The summed E-state index contributed by atoms with van der Waals surface area (Å²) in [6.45, 7) is 16.8. The molecule has 71 heavy (non-hydrogen) atoms. The number of aliphatic hydroxyl groups is 1. The number of fused-ring (bicyclic) bond motifs is 1. The summed E-state index contributed by atoms with van der Waals surface area (Å²) in [5, 5.41) is 25.4. The van der Waals surface area contributed by atoms with E-state index in [-0.39, 0.29) is 45.0 Å². The second-order valence-electron chi connectivity index (χ2n) is 22.0. The second kappa shape index (κ2) is 20.2. The summed E-state index contributed by atoms with van der Waals surface area (Å²) in [5.41, 5.74) is 3.82. The number of nitro benzene ring substituents is 1. The van der Waals surface area contributed by atoms with E-state index in [1.165, 1.54) is 17.7 Å². The lowest BCUT2D eigenvalue weighted by Crippen LogP contribution is -2.59. The Bertz CT molecular complexity index is 2690. The molecule has 4 fully saturated rings. The maximum Gasteiger partial charge on any atom is 0.293 e. The van der Waals surface area contributed by atoms with Gasteiger partial charge >= 0.3 is 0 Å². The molecule has 1 atom stereocenters. The van der Waals surface area contributed by atoms with Crippen molar-refractivity contribution >= 4 is 33.0 Å². The molecule has 4 aromatic rings. The monoisotopic (exact) mass is 994 g/mol. The molecule has 4 heterocycles. The predicted octanol–water partition coefficient (Wildman–Crippen LogP) is 8.63. The lowest BCUT2D eigenvalue weighted by molar-refractivity contribution is -0.384. The SMILES string of the molecule is COc1nc(CN2CCN(C3CC4(CCN(c5ccc(C(=O)NS(=O)(=O)c6ccc(NCC7CCC(C)(O)CC7)c([N+](=O)[O-])c6)cc5)CC4)C3)[C@@H](c3ccccc3OC(C)C)C2)cc2c1OCCC2(C)C. The lowest BCUT2D eigenvalue weighted by Gasteiger charge is -2.58. The van der Waals surface area contributed by atoms with Crippen molar-refractivity contribution in [3.8, 4) is 17.4 Å². The first kappa shape index (κ1) is 50.5. The van der Waals surface area contributed by atoms with E-state index in [0.29, 0.717) is 44.5 Å². The fourth-order valence-corrected chi connectivity index (χ4v) is 12.6. The van der Waals surface area contributed by atoms with Gasteiger partial charge in [0.05, 0.1) is 47.0 Å². The summed E-state index contributed by atoms with van der Waals surface area (Å²) in [6, 6.07) is 21.9. The molecule has 9 rings (SSSR count). The van der Waals surface area contributed by atoms with E-state index < -0.39 is 32.1 Å². The van der Waals surface area contributed by atoms with Crippen LogP contribution in [-0.4, -0.2) is 110 Å². The molecule has 3 aromatic carbocycles. The number of amides is 1. The van der Waals surface area contributed by atoms with Crippen LogP contribution in [-0.2, 0) is 22.0 Å². The molecule has 0 bridgehead atoms. The first-order chi connectivity index (χ1) is 33.8. The number of nitrogens with one attached hydrogen (secondary N) is 2. The number of para-hydroxylation sites is 1. The number of benzene rings is 3. The first-order valence-electron chi connectivity index (χ1n) is 25.4. The van der Waals surface area contributed by atoms with Gasteiger partial charge in [-0.2, -0.15) is 0 Å². The van der Waals surface area contributed by atoms with Crippen LogP contribution in [0.25, 0.3) is 0 Å². The summed E-state index contributed by atoms with van der Waals surface area (Å²) in [4.78, 5) is 36.9. The highest BCUT2D eigenvalue weighted by Gasteiger charge is 2.50. The summed E-state index contributed by atoms with van der Waals surface area (Å²) in [6.07, 6.45) is 8.21. The van der Waals surface area contributed by atoms with Crippen LogP contribution in [0.3, 0.4) is 0 Å². The minimum Gasteiger partial charge on any atom is -0.491 e. The standard InChI is InChI=1S/C54H71N7O9S/c1-36(2)70-48-10-8-7-9-43(48)47-35-58(34-39-29-44-49(51(56-39)68-6)69-28-23-52(44,3)4)26-27-60(47)41-31-54(32-41)21-24-59(25-22-54)40-13-11-38(12-14-40)50(62)57-71(66,67)42-15-16-45(46(30-42)61(64)65)55-33-37-17-19-53(5,63)20-18-37/h7-16,29-30,36-37,41,47,55,63H,17-28,31-35H2,1-6H3,(H,57,62)/t37?,47-,53?/m1/s1. The van der Waals surface area contributed by atoms with Gasteiger partial charge in [0.1, 0.15) is 11.4 Å². The summed E-state index contributed by atoms with van der Waals surface area (Å²) >= 11 is 0. The molecule has 0 radical (unpaired) electrons. The van der Waals surface area contributed by atoms with Gasteiger partial charge in [-0.25, -0.2) is 18.1 Å². The van der Waals surface area contributed by atoms with Crippen molar-refractivity contribution < 1.29 is 37.5 Å². The maximum absolute atomic E-state index is 13.4. The smallest absolute Gasteiger partial charge is 0.293 e. The number of aromatic nitrogens is 1. The van der Waals surface area contributed by atoms with Crippen molar-refractivity contribution in [2.24, 2.45) is 11.3 Å². The van der Waals surface area contributed by atoms with E-state index in [1.807, 2.05) is 19.1 Å². The fraction of sp³-hybridized carbons (Fsp3) is 0.556. The number of hydrogen-bond acceptors (Lipinski definition) is 14. The Morgan fingerprint density at radius 1 is 0.958 bits per heavy atom. The predicted molar refractivity (Wildman–Crippen MR) is 273 cm³/mol. The average Bonchev–Trinajstić information content (AvgIpc) is 3.33. The van der Waals surface area contributed by atoms with Crippen molar-refractivity contribution in [1.29, 1.82) is 0 Å². The molecular formula is C54H71N7O9S. The van der Waals surface area contributed by atoms with E-state index in [2.05, 4.69) is 82.8 Å². The molecule has 5 aliphatic rings. The van der Waals surface area contributed by atoms with E-state index in [4.69, 9.17) is 19.2 Å².